The Labute approximate surface area is 174 Å². The lowest BCUT2D eigenvalue weighted by Crippen LogP contribution is -2.38. The minimum Gasteiger partial charge on any atom is -0.339 e. The van der Waals surface area contributed by atoms with Gasteiger partial charge in [0.1, 0.15) is 0 Å². The molecule has 3 aliphatic rings. The molecule has 0 radical (unpaired) electrons. The smallest absolute Gasteiger partial charge is 0.255 e. The molecule has 3 aliphatic heterocycles. The lowest BCUT2D eigenvalue weighted by Gasteiger charge is -2.28. The summed E-state index contributed by atoms with van der Waals surface area (Å²) in [5, 5.41) is 3.44. The highest BCUT2D eigenvalue weighted by Crippen LogP contribution is 2.29. The number of hydrogen-bond donors (Lipinski definition) is 1. The first-order chi connectivity index (χ1) is 13.1. The maximum Gasteiger partial charge on any atom is 0.255 e. The molecule has 6 nitrogen and oxygen atoms in total. The highest BCUT2D eigenvalue weighted by atomic mass is 35.5. The highest BCUT2D eigenvalue weighted by Gasteiger charge is 2.34. The van der Waals surface area contributed by atoms with Crippen LogP contribution in [-0.2, 0) is 10.0 Å². The summed E-state index contributed by atoms with van der Waals surface area (Å²) >= 11 is 0. The number of halogens is 1. The molecular weight excluding hydrogens is 398 g/mol. The summed E-state index contributed by atoms with van der Waals surface area (Å²) in [6.45, 7) is 4.58. The average Bonchev–Trinajstić information content (AvgIpc) is 3.06. The second-order valence-electron chi connectivity index (χ2n) is 8.01. The van der Waals surface area contributed by atoms with Crippen LogP contribution in [0.3, 0.4) is 0 Å². The van der Waals surface area contributed by atoms with E-state index in [1.807, 2.05) is 4.90 Å². The van der Waals surface area contributed by atoms with E-state index >= 15 is 0 Å². The van der Waals surface area contributed by atoms with Crippen LogP contribution in [0.4, 0.5) is 0 Å². The number of nitrogens with zero attached hydrogens (tertiary/aromatic N) is 2. The van der Waals surface area contributed by atoms with Gasteiger partial charge in [0.2, 0.25) is 10.0 Å². The summed E-state index contributed by atoms with van der Waals surface area (Å²) in [4.78, 5) is 15.3. The van der Waals surface area contributed by atoms with E-state index in [2.05, 4.69) is 5.32 Å². The van der Waals surface area contributed by atoms with E-state index in [0.29, 0.717) is 43.6 Å². The molecular formula is C20H30ClN3O3S. The van der Waals surface area contributed by atoms with E-state index < -0.39 is 10.0 Å². The number of rotatable bonds is 3. The first-order valence-corrected chi connectivity index (χ1v) is 11.6. The third-order valence-corrected chi connectivity index (χ3v) is 8.31. The zero-order valence-electron chi connectivity index (χ0n) is 16.2. The lowest BCUT2D eigenvalue weighted by atomic mass is 9.92. The predicted octanol–water partition coefficient (Wildman–Crippen LogP) is 2.35. The summed E-state index contributed by atoms with van der Waals surface area (Å²) in [7, 11) is -3.62. The van der Waals surface area contributed by atoms with E-state index in [1.54, 1.807) is 28.6 Å². The number of carbonyl (C=O) groups excluding carboxylic acids is 1. The van der Waals surface area contributed by atoms with E-state index in [1.165, 1.54) is 0 Å². The van der Waals surface area contributed by atoms with E-state index in [-0.39, 0.29) is 23.2 Å². The largest absolute Gasteiger partial charge is 0.339 e. The Balaban J connectivity index is 0.00000225. The fourth-order valence-corrected chi connectivity index (χ4v) is 6.41. The van der Waals surface area contributed by atoms with Crippen molar-refractivity contribution in [1.29, 1.82) is 0 Å². The fourth-order valence-electron chi connectivity index (χ4n) is 4.70. The Morgan fingerprint density at radius 2 is 1.54 bits per heavy atom. The van der Waals surface area contributed by atoms with Gasteiger partial charge in [-0.2, -0.15) is 4.31 Å². The van der Waals surface area contributed by atoms with Crippen molar-refractivity contribution in [3.8, 4) is 0 Å². The Morgan fingerprint density at radius 3 is 2.18 bits per heavy atom. The van der Waals surface area contributed by atoms with Gasteiger partial charge in [0, 0.05) is 26.2 Å². The number of sulfonamides is 1. The number of nitrogens with one attached hydrogen (secondary N) is 1. The number of likely N-dealkylation sites (tertiary alicyclic amines) is 1. The summed E-state index contributed by atoms with van der Waals surface area (Å²) in [5.41, 5.74) is 0.327. The van der Waals surface area contributed by atoms with Crippen molar-refractivity contribution in [2.75, 3.05) is 39.3 Å². The molecule has 0 aromatic heterocycles. The van der Waals surface area contributed by atoms with Gasteiger partial charge in [-0.05, 0) is 62.7 Å². The first kappa shape index (κ1) is 21.6. The average molecular weight is 428 g/mol. The van der Waals surface area contributed by atoms with Crippen LogP contribution in [0.5, 0.6) is 0 Å². The SMILES string of the molecule is Cl.O=C(c1ccccc1S(=O)(=O)N1CCCCC1)N1CC[C@@H]2CNC[C@@H]2CC1. The molecule has 4 rings (SSSR count). The molecule has 1 N–H and O–H groups in total. The van der Waals surface area contributed by atoms with Gasteiger partial charge in [0.25, 0.3) is 5.91 Å². The molecule has 0 spiro atoms. The zero-order chi connectivity index (χ0) is 18.9. The van der Waals surface area contributed by atoms with Crippen LogP contribution in [0.15, 0.2) is 29.2 Å². The molecule has 0 bridgehead atoms. The number of benzene rings is 1. The Kier molecular flexibility index (Phi) is 7.02. The molecule has 28 heavy (non-hydrogen) atoms. The molecule has 0 aliphatic carbocycles. The monoisotopic (exact) mass is 427 g/mol. The maximum absolute atomic E-state index is 13.2. The topological polar surface area (TPSA) is 69.7 Å². The van der Waals surface area contributed by atoms with Gasteiger partial charge in [-0.3, -0.25) is 4.79 Å². The molecule has 8 heteroatoms. The van der Waals surface area contributed by atoms with Crippen LogP contribution in [0.1, 0.15) is 42.5 Å². The zero-order valence-corrected chi connectivity index (χ0v) is 17.8. The quantitative estimate of drug-likeness (QED) is 0.803. The second-order valence-corrected chi connectivity index (χ2v) is 9.92. The van der Waals surface area contributed by atoms with Gasteiger partial charge < -0.3 is 10.2 Å². The molecule has 1 amide bonds. The second kappa shape index (κ2) is 9.11. The van der Waals surface area contributed by atoms with Gasteiger partial charge in [0.05, 0.1) is 10.5 Å². The summed E-state index contributed by atoms with van der Waals surface area (Å²) < 4.78 is 27.9. The number of piperidine rings is 1. The van der Waals surface area contributed by atoms with Gasteiger partial charge in [-0.1, -0.05) is 18.6 Å². The van der Waals surface area contributed by atoms with Crippen LogP contribution in [0, 0.1) is 11.8 Å². The number of hydrogen-bond acceptors (Lipinski definition) is 4. The number of amides is 1. The fraction of sp³-hybridized carbons (Fsp3) is 0.650. The number of carbonyl (C=O) groups is 1. The lowest BCUT2D eigenvalue weighted by molar-refractivity contribution is 0.0754. The van der Waals surface area contributed by atoms with Crippen molar-refractivity contribution in [2.24, 2.45) is 11.8 Å². The van der Waals surface area contributed by atoms with Crippen molar-refractivity contribution < 1.29 is 13.2 Å². The summed E-state index contributed by atoms with van der Waals surface area (Å²) in [6, 6.07) is 6.74. The van der Waals surface area contributed by atoms with Gasteiger partial charge in [-0.15, -0.1) is 12.4 Å². The van der Waals surface area contributed by atoms with Crippen LogP contribution >= 0.6 is 12.4 Å². The van der Waals surface area contributed by atoms with E-state index in [9.17, 15) is 13.2 Å². The molecule has 2 atom stereocenters. The van der Waals surface area contributed by atoms with E-state index in [4.69, 9.17) is 0 Å². The standard InChI is InChI=1S/C20H29N3O3S.ClH/c24-20(22-12-8-16-14-21-15-17(16)9-13-22)18-6-2-3-7-19(18)27(25,26)23-10-4-1-5-11-23;/h2-3,6-7,16-17,21H,1,4-5,8-15H2;1H/t16-,17+;. The molecule has 1 aromatic carbocycles. The number of fused-ring (bicyclic) bond motifs is 1. The van der Waals surface area contributed by atoms with Crippen molar-refractivity contribution >= 4 is 28.3 Å². The Morgan fingerprint density at radius 1 is 0.929 bits per heavy atom. The minimum atomic E-state index is -3.62. The predicted molar refractivity (Wildman–Crippen MR) is 111 cm³/mol. The van der Waals surface area contributed by atoms with Crippen molar-refractivity contribution in [3.63, 3.8) is 0 Å². The van der Waals surface area contributed by atoms with Gasteiger partial charge in [-0.25, -0.2) is 8.42 Å². The summed E-state index contributed by atoms with van der Waals surface area (Å²) in [5.74, 6) is 1.13. The van der Waals surface area contributed by atoms with Crippen LogP contribution in [0.2, 0.25) is 0 Å². The van der Waals surface area contributed by atoms with Crippen molar-refractivity contribution in [1.82, 2.24) is 14.5 Å². The molecule has 3 fully saturated rings. The third kappa shape index (κ3) is 4.22. The molecule has 3 heterocycles. The van der Waals surface area contributed by atoms with Gasteiger partial charge >= 0.3 is 0 Å². The molecule has 1 aromatic rings. The summed E-state index contributed by atoms with van der Waals surface area (Å²) in [6.07, 6.45) is 4.82. The van der Waals surface area contributed by atoms with Crippen molar-refractivity contribution in [3.05, 3.63) is 29.8 Å². The van der Waals surface area contributed by atoms with Crippen molar-refractivity contribution in [2.45, 2.75) is 37.0 Å². The third-order valence-electron chi connectivity index (χ3n) is 6.36. The Hall–Kier alpha value is -1.15. The normalized spacial score (nSPS) is 26.2. The van der Waals surface area contributed by atoms with Crippen LogP contribution in [-0.4, -0.2) is 62.8 Å². The minimum absolute atomic E-state index is 0. The molecule has 156 valence electrons. The van der Waals surface area contributed by atoms with Crippen LogP contribution in [0.25, 0.3) is 0 Å². The van der Waals surface area contributed by atoms with E-state index in [0.717, 1.165) is 45.2 Å². The molecule has 0 saturated carbocycles. The maximum atomic E-state index is 13.2. The first-order valence-electron chi connectivity index (χ1n) is 10.2. The molecule has 0 unspecified atom stereocenters. The highest BCUT2D eigenvalue weighted by molar-refractivity contribution is 7.89. The Bertz CT molecular complexity index is 782. The molecule has 3 saturated heterocycles. The van der Waals surface area contributed by atoms with Crippen LogP contribution < -0.4 is 5.32 Å². The van der Waals surface area contributed by atoms with Gasteiger partial charge in [0.15, 0.2) is 0 Å².